The molecular weight excluding hydrogens is 249 g/mol. The molecule has 0 aliphatic rings. The molecule has 0 amide bonds. The molecule has 4 heteroatoms. The van der Waals surface area contributed by atoms with Crippen LogP contribution in [0.5, 0.6) is 0 Å². The Bertz CT molecular complexity index is 440. The highest BCUT2D eigenvalue weighted by Crippen LogP contribution is 2.26. The van der Waals surface area contributed by atoms with E-state index in [1.54, 1.807) is 23.5 Å². The van der Waals surface area contributed by atoms with E-state index in [1.165, 1.54) is 4.88 Å². The Labute approximate surface area is 103 Å². The van der Waals surface area contributed by atoms with Gasteiger partial charge in [-0.25, -0.2) is 0 Å². The maximum atomic E-state index is 6.02. The molecule has 0 aliphatic carbocycles. The Balaban J connectivity index is 2.07. The van der Waals surface area contributed by atoms with Crippen molar-refractivity contribution in [3.8, 4) is 0 Å². The first kappa shape index (κ1) is 10.8. The molecule has 0 bridgehead atoms. The minimum Gasteiger partial charge on any atom is -0.379 e. The number of anilines is 1. The van der Waals surface area contributed by atoms with Crippen molar-refractivity contribution in [1.29, 1.82) is 0 Å². The summed E-state index contributed by atoms with van der Waals surface area (Å²) in [4.78, 5) is 1.27. The van der Waals surface area contributed by atoms with E-state index in [9.17, 15) is 0 Å². The molecule has 1 aromatic heterocycles. The second-order valence-corrected chi connectivity index (χ2v) is 4.93. The summed E-state index contributed by atoms with van der Waals surface area (Å²) in [6.07, 6.45) is 0. The molecule has 2 aromatic rings. The number of nitrogens with one attached hydrogen (secondary N) is 1. The fourth-order valence-corrected chi connectivity index (χ4v) is 2.23. The minimum atomic E-state index is 0.688. The zero-order valence-electron chi connectivity index (χ0n) is 7.84. The van der Waals surface area contributed by atoms with Crippen LogP contribution < -0.4 is 5.32 Å². The highest BCUT2D eigenvalue weighted by Gasteiger charge is 2.01. The van der Waals surface area contributed by atoms with Crippen molar-refractivity contribution in [2.75, 3.05) is 5.32 Å². The quantitative estimate of drug-likeness (QED) is 0.843. The molecule has 0 radical (unpaired) electrons. The van der Waals surface area contributed by atoms with Crippen molar-refractivity contribution >= 4 is 40.2 Å². The van der Waals surface area contributed by atoms with Crippen molar-refractivity contribution in [2.24, 2.45) is 0 Å². The smallest absolute Gasteiger partial charge is 0.0638 e. The highest BCUT2D eigenvalue weighted by molar-refractivity contribution is 7.09. The van der Waals surface area contributed by atoms with E-state index in [1.807, 2.05) is 12.1 Å². The van der Waals surface area contributed by atoms with Crippen LogP contribution in [-0.2, 0) is 6.54 Å². The molecule has 0 fully saturated rings. The van der Waals surface area contributed by atoms with Crippen LogP contribution in [0, 0.1) is 0 Å². The first-order valence-corrected chi connectivity index (χ1v) is 6.10. The summed E-state index contributed by atoms with van der Waals surface area (Å²) < 4.78 is 0. The lowest BCUT2D eigenvalue weighted by Gasteiger charge is -2.07. The SMILES string of the molecule is Clc1ccc(Cl)c(NCc2cccs2)c1. The summed E-state index contributed by atoms with van der Waals surface area (Å²) >= 11 is 13.6. The molecule has 78 valence electrons. The highest BCUT2D eigenvalue weighted by atomic mass is 35.5. The first-order chi connectivity index (χ1) is 7.25. The Kier molecular flexibility index (Phi) is 3.52. The van der Waals surface area contributed by atoms with Crippen LogP contribution >= 0.6 is 34.5 Å². The fraction of sp³-hybridized carbons (Fsp3) is 0.0909. The number of thiophene rings is 1. The fourth-order valence-electron chi connectivity index (χ4n) is 1.23. The normalized spacial score (nSPS) is 10.3. The molecule has 0 spiro atoms. The summed E-state index contributed by atoms with van der Waals surface area (Å²) in [7, 11) is 0. The molecule has 0 aliphatic heterocycles. The number of hydrogen-bond donors (Lipinski definition) is 1. The van der Waals surface area contributed by atoms with Crippen LogP contribution in [0.3, 0.4) is 0 Å². The topological polar surface area (TPSA) is 12.0 Å². The zero-order chi connectivity index (χ0) is 10.7. The van der Waals surface area contributed by atoms with Gasteiger partial charge in [0.25, 0.3) is 0 Å². The van der Waals surface area contributed by atoms with E-state index in [4.69, 9.17) is 23.2 Å². The van der Waals surface area contributed by atoms with Gasteiger partial charge in [-0.1, -0.05) is 29.3 Å². The minimum absolute atomic E-state index is 0.688. The van der Waals surface area contributed by atoms with Gasteiger partial charge in [-0.2, -0.15) is 0 Å². The van der Waals surface area contributed by atoms with Crippen LogP contribution in [0.2, 0.25) is 10.0 Å². The molecule has 0 atom stereocenters. The molecule has 15 heavy (non-hydrogen) atoms. The first-order valence-electron chi connectivity index (χ1n) is 4.47. The van der Waals surface area contributed by atoms with E-state index >= 15 is 0 Å². The van der Waals surface area contributed by atoms with E-state index < -0.39 is 0 Å². The predicted molar refractivity (Wildman–Crippen MR) is 68.1 cm³/mol. The molecule has 2 rings (SSSR count). The number of halogens is 2. The summed E-state index contributed by atoms with van der Waals surface area (Å²) in [6, 6.07) is 9.51. The van der Waals surface area contributed by atoms with E-state index in [-0.39, 0.29) is 0 Å². The standard InChI is InChI=1S/C11H9Cl2NS/c12-8-3-4-10(13)11(6-8)14-7-9-2-1-5-15-9/h1-6,14H,7H2. The Morgan fingerprint density at radius 3 is 2.80 bits per heavy atom. The van der Waals surface area contributed by atoms with E-state index in [2.05, 4.69) is 16.8 Å². The molecule has 0 saturated carbocycles. The van der Waals surface area contributed by atoms with Gasteiger partial charge in [-0.05, 0) is 29.6 Å². The maximum absolute atomic E-state index is 6.02. The monoisotopic (exact) mass is 257 g/mol. The third kappa shape index (κ3) is 2.88. The molecular formula is C11H9Cl2NS. The third-order valence-electron chi connectivity index (χ3n) is 1.96. The molecule has 1 N–H and O–H groups in total. The van der Waals surface area contributed by atoms with Gasteiger partial charge in [-0.3, -0.25) is 0 Å². The molecule has 1 aromatic carbocycles. The van der Waals surface area contributed by atoms with Crippen LogP contribution in [0.15, 0.2) is 35.7 Å². The third-order valence-corrected chi connectivity index (χ3v) is 3.40. The van der Waals surface area contributed by atoms with Crippen LogP contribution in [0.25, 0.3) is 0 Å². The van der Waals surface area contributed by atoms with Gasteiger partial charge >= 0.3 is 0 Å². The average molecular weight is 258 g/mol. The second kappa shape index (κ2) is 4.88. The summed E-state index contributed by atoms with van der Waals surface area (Å²) in [5, 5.41) is 6.68. The summed E-state index contributed by atoms with van der Waals surface area (Å²) in [6.45, 7) is 0.776. The Hall–Kier alpha value is -0.700. The number of benzene rings is 1. The molecule has 1 nitrogen and oxygen atoms in total. The maximum Gasteiger partial charge on any atom is 0.0638 e. The van der Waals surface area contributed by atoms with E-state index in [0.29, 0.717) is 10.0 Å². The second-order valence-electron chi connectivity index (χ2n) is 3.06. The van der Waals surface area contributed by atoms with Gasteiger partial charge in [0, 0.05) is 16.4 Å². The molecule has 0 saturated heterocycles. The van der Waals surface area contributed by atoms with Gasteiger partial charge in [-0.15, -0.1) is 11.3 Å². The van der Waals surface area contributed by atoms with Crippen LogP contribution in [-0.4, -0.2) is 0 Å². The number of hydrogen-bond acceptors (Lipinski definition) is 2. The Morgan fingerprint density at radius 2 is 2.07 bits per heavy atom. The molecule has 0 unspecified atom stereocenters. The largest absolute Gasteiger partial charge is 0.379 e. The Morgan fingerprint density at radius 1 is 1.20 bits per heavy atom. The van der Waals surface area contributed by atoms with Gasteiger partial charge in [0.15, 0.2) is 0 Å². The zero-order valence-corrected chi connectivity index (χ0v) is 10.2. The molecule has 1 heterocycles. The van der Waals surface area contributed by atoms with Crippen molar-refractivity contribution in [3.63, 3.8) is 0 Å². The number of rotatable bonds is 3. The van der Waals surface area contributed by atoms with Crippen LogP contribution in [0.1, 0.15) is 4.88 Å². The van der Waals surface area contributed by atoms with Crippen molar-refractivity contribution in [2.45, 2.75) is 6.54 Å². The van der Waals surface area contributed by atoms with Gasteiger partial charge in [0.1, 0.15) is 0 Å². The predicted octanol–water partition coefficient (Wildman–Crippen LogP) is 4.67. The van der Waals surface area contributed by atoms with Crippen molar-refractivity contribution in [3.05, 3.63) is 50.6 Å². The lowest BCUT2D eigenvalue weighted by molar-refractivity contribution is 1.19. The van der Waals surface area contributed by atoms with Crippen molar-refractivity contribution < 1.29 is 0 Å². The van der Waals surface area contributed by atoms with Gasteiger partial charge in [0.2, 0.25) is 0 Å². The van der Waals surface area contributed by atoms with Crippen molar-refractivity contribution in [1.82, 2.24) is 0 Å². The van der Waals surface area contributed by atoms with E-state index in [0.717, 1.165) is 12.2 Å². The van der Waals surface area contributed by atoms with Gasteiger partial charge in [0.05, 0.1) is 10.7 Å². The lowest BCUT2D eigenvalue weighted by Crippen LogP contribution is -1.97. The summed E-state index contributed by atoms with van der Waals surface area (Å²) in [5.74, 6) is 0. The van der Waals surface area contributed by atoms with Crippen LogP contribution in [0.4, 0.5) is 5.69 Å². The average Bonchev–Trinajstić information content (AvgIpc) is 2.72. The van der Waals surface area contributed by atoms with Gasteiger partial charge < -0.3 is 5.32 Å². The summed E-state index contributed by atoms with van der Waals surface area (Å²) in [5.41, 5.74) is 0.873. The lowest BCUT2D eigenvalue weighted by atomic mass is 10.3.